The lowest BCUT2D eigenvalue weighted by Crippen LogP contribution is -2.50. The Morgan fingerprint density at radius 3 is 2.35 bits per heavy atom. The Morgan fingerprint density at radius 2 is 1.74 bits per heavy atom. The molecule has 3 aromatic rings. The third kappa shape index (κ3) is 3.71. The molecule has 6 nitrogen and oxygen atoms in total. The van der Waals surface area contributed by atoms with Crippen LogP contribution in [0.3, 0.4) is 0 Å². The first-order chi connectivity index (χ1) is 14.6. The number of carboxylic acid groups (broad SMARTS) is 1. The summed E-state index contributed by atoms with van der Waals surface area (Å²) < 4.78 is 41.5. The smallest absolute Gasteiger partial charge is 0.416 e. The Hall–Kier alpha value is -3.49. The molecule has 0 bridgehead atoms. The van der Waals surface area contributed by atoms with E-state index in [-0.39, 0.29) is 10.9 Å². The van der Waals surface area contributed by atoms with Crippen molar-refractivity contribution in [3.05, 3.63) is 59.8 Å². The molecule has 162 valence electrons. The van der Waals surface area contributed by atoms with E-state index in [1.165, 1.54) is 11.0 Å². The molecule has 31 heavy (non-hydrogen) atoms. The Balaban J connectivity index is 1.80. The fourth-order valence-corrected chi connectivity index (χ4v) is 3.72. The van der Waals surface area contributed by atoms with Crippen molar-refractivity contribution < 1.29 is 27.9 Å². The number of aromatic nitrogens is 1. The number of amides is 1. The zero-order valence-corrected chi connectivity index (χ0v) is 16.8. The highest BCUT2D eigenvalue weighted by Gasteiger charge is 2.33. The molecule has 0 atom stereocenters. The van der Waals surface area contributed by atoms with Gasteiger partial charge in [-0.05, 0) is 36.4 Å². The highest BCUT2D eigenvalue weighted by Crippen LogP contribution is 2.35. The first-order valence-electron chi connectivity index (χ1n) is 9.58. The van der Waals surface area contributed by atoms with Crippen molar-refractivity contribution in [2.45, 2.75) is 6.18 Å². The number of carboxylic acids is 1. The van der Waals surface area contributed by atoms with E-state index in [1.54, 1.807) is 37.0 Å². The fraction of sp³-hybridized carbons (Fsp3) is 0.273. The predicted octanol–water partition coefficient (Wildman–Crippen LogP) is 3.87. The summed E-state index contributed by atoms with van der Waals surface area (Å²) in [5, 5.41) is 9.30. The third-order valence-electron chi connectivity index (χ3n) is 5.47. The zero-order valence-electron chi connectivity index (χ0n) is 16.8. The van der Waals surface area contributed by atoms with Gasteiger partial charge < -0.3 is 19.5 Å². The van der Waals surface area contributed by atoms with Crippen LogP contribution in [-0.2, 0) is 11.0 Å². The summed E-state index contributed by atoms with van der Waals surface area (Å²) in [6.07, 6.45) is -2.98. The number of carbonyl (C=O) groups excluding carboxylic acids is 1. The van der Waals surface area contributed by atoms with Crippen LogP contribution < -0.4 is 4.90 Å². The highest BCUT2D eigenvalue weighted by atomic mass is 19.4. The maximum absolute atomic E-state index is 13.3. The van der Waals surface area contributed by atoms with Gasteiger partial charge in [0.05, 0.1) is 22.6 Å². The summed E-state index contributed by atoms with van der Waals surface area (Å²) >= 11 is 0. The number of carbonyl (C=O) groups is 2. The van der Waals surface area contributed by atoms with Gasteiger partial charge in [-0.25, -0.2) is 0 Å². The van der Waals surface area contributed by atoms with Gasteiger partial charge in [0.25, 0.3) is 5.91 Å². The lowest BCUT2D eigenvalue weighted by molar-refractivity contribution is -0.142. The fourth-order valence-electron chi connectivity index (χ4n) is 3.72. The molecule has 0 radical (unpaired) electrons. The van der Waals surface area contributed by atoms with Gasteiger partial charge in [0.15, 0.2) is 0 Å². The first-order valence-corrected chi connectivity index (χ1v) is 9.58. The molecule has 4 rings (SSSR count). The Labute approximate surface area is 176 Å². The van der Waals surface area contributed by atoms with Crippen molar-refractivity contribution in [1.29, 1.82) is 0 Å². The van der Waals surface area contributed by atoms with E-state index in [4.69, 9.17) is 5.11 Å². The third-order valence-corrected chi connectivity index (χ3v) is 5.47. The van der Waals surface area contributed by atoms with Crippen LogP contribution in [0.15, 0.2) is 48.7 Å². The molecule has 2 heterocycles. The van der Waals surface area contributed by atoms with E-state index in [0.29, 0.717) is 24.3 Å². The van der Waals surface area contributed by atoms with Crippen LogP contribution in [0.1, 0.15) is 15.9 Å². The van der Waals surface area contributed by atoms with E-state index >= 15 is 0 Å². The summed E-state index contributed by atoms with van der Waals surface area (Å²) in [4.78, 5) is 27.0. The minimum Gasteiger partial charge on any atom is -0.481 e. The van der Waals surface area contributed by atoms with Gasteiger partial charge >= 0.3 is 12.1 Å². The second-order valence-electron chi connectivity index (χ2n) is 7.80. The van der Waals surface area contributed by atoms with E-state index in [2.05, 4.69) is 0 Å². The zero-order chi connectivity index (χ0) is 22.5. The molecule has 0 saturated carbocycles. The monoisotopic (exact) mass is 431 g/mol. The van der Waals surface area contributed by atoms with Crippen LogP contribution in [0.25, 0.3) is 16.6 Å². The van der Waals surface area contributed by atoms with E-state index < -0.39 is 29.5 Å². The van der Waals surface area contributed by atoms with E-state index in [1.807, 2.05) is 17.0 Å². The molecule has 0 aliphatic carbocycles. The molecule has 2 aromatic carbocycles. The number of aliphatic carboxylic acids is 1. The summed E-state index contributed by atoms with van der Waals surface area (Å²) in [6.45, 7) is 0.787. The van der Waals surface area contributed by atoms with E-state index in [9.17, 15) is 22.8 Å². The molecule has 1 amide bonds. The van der Waals surface area contributed by atoms with Gasteiger partial charge in [0.2, 0.25) is 0 Å². The molecule has 0 spiro atoms. The Kier molecular flexibility index (Phi) is 4.91. The van der Waals surface area contributed by atoms with Crippen molar-refractivity contribution in [3.63, 3.8) is 0 Å². The number of nitrogens with zero attached hydrogens (tertiary/aromatic N) is 3. The lowest BCUT2D eigenvalue weighted by atomic mass is 9.99. The van der Waals surface area contributed by atoms with Crippen LogP contribution >= 0.6 is 0 Å². The van der Waals surface area contributed by atoms with Crippen LogP contribution in [0, 0.1) is 5.92 Å². The molecule has 1 aliphatic heterocycles. The standard InChI is InChI=1S/C22H20F3N3O3/c1-26(2)20(29)18-12-28(19-7-6-14(8-17(18)19)22(23,24)25)16-5-3-4-15(9-16)27-10-13(11-27)21(30)31/h3-9,12-13H,10-11H2,1-2H3,(H,30,31). The largest absolute Gasteiger partial charge is 0.481 e. The number of benzene rings is 2. The topological polar surface area (TPSA) is 65.8 Å². The van der Waals surface area contributed by atoms with Crippen molar-refractivity contribution in [3.8, 4) is 5.69 Å². The minimum atomic E-state index is -4.52. The summed E-state index contributed by atoms with van der Waals surface area (Å²) in [5.41, 5.74) is 1.30. The van der Waals surface area contributed by atoms with Gasteiger partial charge in [0, 0.05) is 50.1 Å². The summed E-state index contributed by atoms with van der Waals surface area (Å²) in [7, 11) is 3.09. The molecule has 1 fully saturated rings. The number of alkyl halides is 3. The molecular weight excluding hydrogens is 411 g/mol. The van der Waals surface area contributed by atoms with Crippen molar-refractivity contribution in [1.82, 2.24) is 9.47 Å². The molecule has 1 saturated heterocycles. The normalized spacial score (nSPS) is 14.5. The summed E-state index contributed by atoms with van der Waals surface area (Å²) in [6, 6.07) is 10.6. The molecule has 9 heteroatoms. The number of hydrogen-bond acceptors (Lipinski definition) is 3. The second-order valence-corrected chi connectivity index (χ2v) is 7.80. The lowest BCUT2D eigenvalue weighted by Gasteiger charge is -2.38. The maximum Gasteiger partial charge on any atom is 0.416 e. The van der Waals surface area contributed by atoms with Gasteiger partial charge in [-0.2, -0.15) is 13.2 Å². The van der Waals surface area contributed by atoms with Crippen LogP contribution in [-0.4, -0.2) is 53.6 Å². The average molecular weight is 431 g/mol. The first kappa shape index (κ1) is 20.8. The van der Waals surface area contributed by atoms with Crippen LogP contribution in [0.5, 0.6) is 0 Å². The minimum absolute atomic E-state index is 0.173. The van der Waals surface area contributed by atoms with Crippen molar-refractivity contribution >= 4 is 28.5 Å². The average Bonchev–Trinajstić information content (AvgIpc) is 3.04. The quantitative estimate of drug-likeness (QED) is 0.681. The van der Waals surface area contributed by atoms with Crippen LogP contribution in [0.2, 0.25) is 0 Å². The number of hydrogen-bond donors (Lipinski definition) is 1. The summed E-state index contributed by atoms with van der Waals surface area (Å²) in [5.74, 6) is -1.65. The van der Waals surface area contributed by atoms with Gasteiger partial charge in [-0.3, -0.25) is 9.59 Å². The van der Waals surface area contributed by atoms with Crippen molar-refractivity contribution in [2.75, 3.05) is 32.1 Å². The van der Waals surface area contributed by atoms with Crippen molar-refractivity contribution in [2.24, 2.45) is 5.92 Å². The predicted molar refractivity (Wildman–Crippen MR) is 110 cm³/mol. The number of fused-ring (bicyclic) bond motifs is 1. The molecule has 1 aromatic heterocycles. The molecular formula is C22H20F3N3O3. The highest BCUT2D eigenvalue weighted by molar-refractivity contribution is 6.07. The Bertz CT molecular complexity index is 1180. The SMILES string of the molecule is CN(C)C(=O)c1cn(-c2cccc(N3CC(C(=O)O)C3)c2)c2ccc(C(F)(F)F)cc12. The second kappa shape index (κ2) is 7.33. The number of rotatable bonds is 4. The van der Waals surface area contributed by atoms with Crippen LogP contribution in [0.4, 0.5) is 18.9 Å². The Morgan fingerprint density at radius 1 is 1.06 bits per heavy atom. The maximum atomic E-state index is 13.3. The van der Waals surface area contributed by atoms with E-state index in [0.717, 1.165) is 17.8 Å². The molecule has 1 N–H and O–H groups in total. The van der Waals surface area contributed by atoms with Gasteiger partial charge in [-0.1, -0.05) is 6.07 Å². The molecule has 0 unspecified atom stereocenters. The number of anilines is 1. The van der Waals surface area contributed by atoms with Gasteiger partial charge in [0.1, 0.15) is 0 Å². The number of halogens is 3. The molecule has 1 aliphatic rings. The van der Waals surface area contributed by atoms with Gasteiger partial charge in [-0.15, -0.1) is 0 Å².